The Morgan fingerprint density at radius 1 is 1.26 bits per heavy atom. The number of rotatable bonds is 4. The van der Waals surface area contributed by atoms with Gasteiger partial charge in [0.1, 0.15) is 6.04 Å². The Morgan fingerprint density at radius 3 is 2.68 bits per heavy atom. The fraction of sp³-hybridized carbons (Fsp3) is 0.833. The topological polar surface area (TPSA) is 87.9 Å². The number of primary amides is 1. The zero-order chi connectivity index (χ0) is 13.7. The monoisotopic (exact) mass is 270 g/mol. The van der Waals surface area contributed by atoms with Crippen LogP contribution in [0.3, 0.4) is 0 Å². The third-order valence-corrected chi connectivity index (χ3v) is 3.65. The van der Waals surface area contributed by atoms with Gasteiger partial charge in [0.05, 0.1) is 13.2 Å². The molecule has 2 rings (SSSR count). The highest BCUT2D eigenvalue weighted by Crippen LogP contribution is 2.08. The van der Waals surface area contributed by atoms with Crippen LogP contribution in [-0.4, -0.2) is 80.1 Å². The van der Waals surface area contributed by atoms with Gasteiger partial charge in [0.25, 0.3) is 0 Å². The van der Waals surface area contributed by atoms with Gasteiger partial charge in [-0.2, -0.15) is 0 Å². The van der Waals surface area contributed by atoms with Gasteiger partial charge in [-0.25, -0.2) is 0 Å². The maximum atomic E-state index is 12.0. The summed E-state index contributed by atoms with van der Waals surface area (Å²) in [6.45, 7) is 5.38. The lowest BCUT2D eigenvalue weighted by Gasteiger charge is -2.34. The molecule has 0 aliphatic carbocycles. The molecule has 0 aromatic carbocycles. The number of morpholine rings is 1. The summed E-state index contributed by atoms with van der Waals surface area (Å²) in [7, 11) is 0. The van der Waals surface area contributed by atoms with Crippen LogP contribution >= 0.6 is 0 Å². The van der Waals surface area contributed by atoms with E-state index >= 15 is 0 Å². The van der Waals surface area contributed by atoms with Gasteiger partial charge in [0.15, 0.2) is 0 Å². The molecule has 0 radical (unpaired) electrons. The number of carbonyl (C=O) groups is 2. The second kappa shape index (κ2) is 6.83. The first kappa shape index (κ1) is 14.2. The van der Waals surface area contributed by atoms with Crippen LogP contribution in [0.4, 0.5) is 0 Å². The second-order valence-electron chi connectivity index (χ2n) is 4.91. The van der Waals surface area contributed by atoms with Crippen LogP contribution < -0.4 is 11.1 Å². The molecule has 2 heterocycles. The molecule has 0 spiro atoms. The summed E-state index contributed by atoms with van der Waals surface area (Å²) in [6, 6.07) is -0.399. The van der Waals surface area contributed by atoms with Gasteiger partial charge in [0.2, 0.25) is 11.8 Å². The van der Waals surface area contributed by atoms with Crippen molar-refractivity contribution in [1.29, 1.82) is 0 Å². The molecule has 2 aliphatic rings. The van der Waals surface area contributed by atoms with E-state index in [1.54, 1.807) is 0 Å². The molecule has 108 valence electrons. The highest BCUT2D eigenvalue weighted by Gasteiger charge is 2.28. The third-order valence-electron chi connectivity index (χ3n) is 3.65. The van der Waals surface area contributed by atoms with Crippen molar-refractivity contribution >= 4 is 11.8 Å². The van der Waals surface area contributed by atoms with Crippen molar-refractivity contribution in [2.24, 2.45) is 5.73 Å². The standard InChI is InChI=1S/C12H22N4O3/c13-12(18)10-9-19-8-7-15(10)4-1-11(17)16-5-2-14-3-6-16/h10,14H,1-9H2,(H2,13,18). The molecular weight excluding hydrogens is 248 g/mol. The quantitative estimate of drug-likeness (QED) is 0.616. The molecule has 7 heteroatoms. The summed E-state index contributed by atoms with van der Waals surface area (Å²) in [4.78, 5) is 27.2. The molecule has 0 bridgehead atoms. The fourth-order valence-electron chi connectivity index (χ4n) is 2.48. The number of amides is 2. The van der Waals surface area contributed by atoms with Crippen molar-refractivity contribution < 1.29 is 14.3 Å². The molecule has 2 aliphatic heterocycles. The summed E-state index contributed by atoms with van der Waals surface area (Å²) >= 11 is 0. The Hall–Kier alpha value is -1.18. The van der Waals surface area contributed by atoms with Crippen LogP contribution in [0, 0.1) is 0 Å². The van der Waals surface area contributed by atoms with E-state index in [0.29, 0.717) is 32.7 Å². The zero-order valence-electron chi connectivity index (χ0n) is 11.1. The first-order chi connectivity index (χ1) is 9.18. The van der Waals surface area contributed by atoms with Gasteiger partial charge in [-0.1, -0.05) is 0 Å². The summed E-state index contributed by atoms with van der Waals surface area (Å²) in [6.07, 6.45) is 0.434. The Balaban J connectivity index is 1.79. The van der Waals surface area contributed by atoms with Gasteiger partial charge >= 0.3 is 0 Å². The lowest BCUT2D eigenvalue weighted by molar-refractivity contribution is -0.135. The van der Waals surface area contributed by atoms with Crippen molar-refractivity contribution in [2.45, 2.75) is 12.5 Å². The number of piperazine rings is 1. The normalized spacial score (nSPS) is 25.3. The minimum atomic E-state index is -0.399. The van der Waals surface area contributed by atoms with Crippen LogP contribution in [0.25, 0.3) is 0 Å². The average molecular weight is 270 g/mol. The minimum Gasteiger partial charge on any atom is -0.378 e. The third kappa shape index (κ3) is 3.89. The second-order valence-corrected chi connectivity index (χ2v) is 4.91. The number of nitrogens with two attached hydrogens (primary N) is 1. The van der Waals surface area contributed by atoms with E-state index in [-0.39, 0.29) is 11.8 Å². The molecule has 1 unspecified atom stereocenters. The van der Waals surface area contributed by atoms with E-state index < -0.39 is 6.04 Å². The summed E-state index contributed by atoms with van der Waals surface area (Å²) in [5, 5.41) is 3.22. The van der Waals surface area contributed by atoms with E-state index in [0.717, 1.165) is 26.2 Å². The van der Waals surface area contributed by atoms with E-state index in [4.69, 9.17) is 10.5 Å². The predicted octanol–water partition coefficient (Wildman–Crippen LogP) is -2.01. The predicted molar refractivity (Wildman–Crippen MR) is 69.4 cm³/mol. The van der Waals surface area contributed by atoms with E-state index in [1.165, 1.54) is 0 Å². The number of ether oxygens (including phenoxy) is 1. The smallest absolute Gasteiger partial charge is 0.237 e. The van der Waals surface area contributed by atoms with E-state index in [2.05, 4.69) is 5.32 Å². The first-order valence-electron chi connectivity index (χ1n) is 6.78. The molecule has 7 nitrogen and oxygen atoms in total. The largest absolute Gasteiger partial charge is 0.378 e. The van der Waals surface area contributed by atoms with E-state index in [9.17, 15) is 9.59 Å². The van der Waals surface area contributed by atoms with Gasteiger partial charge in [-0.05, 0) is 0 Å². The van der Waals surface area contributed by atoms with Gasteiger partial charge in [0, 0.05) is 45.7 Å². The Morgan fingerprint density at radius 2 is 2.00 bits per heavy atom. The molecule has 0 aromatic heterocycles. The molecule has 1 atom stereocenters. The van der Waals surface area contributed by atoms with Crippen LogP contribution in [0.5, 0.6) is 0 Å². The van der Waals surface area contributed by atoms with Crippen LogP contribution in [-0.2, 0) is 14.3 Å². The van der Waals surface area contributed by atoms with Crippen molar-refractivity contribution in [1.82, 2.24) is 15.1 Å². The molecule has 0 aromatic rings. The lowest BCUT2D eigenvalue weighted by atomic mass is 10.2. The maximum absolute atomic E-state index is 12.0. The SMILES string of the molecule is NC(=O)C1COCCN1CCC(=O)N1CCNCC1. The van der Waals surface area contributed by atoms with Gasteiger partial charge in [-0.15, -0.1) is 0 Å². The number of carbonyl (C=O) groups excluding carboxylic acids is 2. The molecule has 19 heavy (non-hydrogen) atoms. The lowest BCUT2D eigenvalue weighted by Crippen LogP contribution is -2.53. The van der Waals surface area contributed by atoms with Crippen molar-refractivity contribution in [3.05, 3.63) is 0 Å². The summed E-state index contributed by atoms with van der Waals surface area (Å²) in [5.74, 6) is -0.231. The molecule has 2 saturated heterocycles. The molecule has 0 saturated carbocycles. The highest BCUT2D eigenvalue weighted by atomic mass is 16.5. The molecule has 2 fully saturated rings. The number of nitrogens with one attached hydrogen (secondary N) is 1. The first-order valence-corrected chi connectivity index (χ1v) is 6.78. The Kier molecular flexibility index (Phi) is 5.12. The van der Waals surface area contributed by atoms with Gasteiger partial charge < -0.3 is 20.7 Å². The van der Waals surface area contributed by atoms with Crippen molar-refractivity contribution in [2.75, 3.05) is 52.5 Å². The van der Waals surface area contributed by atoms with Gasteiger partial charge in [-0.3, -0.25) is 14.5 Å². The van der Waals surface area contributed by atoms with Crippen LogP contribution in [0.15, 0.2) is 0 Å². The average Bonchev–Trinajstić information content (AvgIpc) is 2.46. The Labute approximate surface area is 113 Å². The molecule has 2 amide bonds. The summed E-state index contributed by atoms with van der Waals surface area (Å²) in [5.41, 5.74) is 5.34. The number of hydrogen-bond acceptors (Lipinski definition) is 5. The molecular formula is C12H22N4O3. The number of hydrogen-bond donors (Lipinski definition) is 2. The van der Waals surface area contributed by atoms with Crippen LogP contribution in [0.2, 0.25) is 0 Å². The van der Waals surface area contributed by atoms with Crippen LogP contribution in [0.1, 0.15) is 6.42 Å². The van der Waals surface area contributed by atoms with Crippen molar-refractivity contribution in [3.63, 3.8) is 0 Å². The molecule has 3 N–H and O–H groups in total. The fourth-order valence-corrected chi connectivity index (χ4v) is 2.48. The van der Waals surface area contributed by atoms with Crippen molar-refractivity contribution in [3.8, 4) is 0 Å². The maximum Gasteiger partial charge on any atom is 0.237 e. The highest BCUT2D eigenvalue weighted by molar-refractivity contribution is 5.80. The van der Waals surface area contributed by atoms with E-state index in [1.807, 2.05) is 9.80 Å². The number of nitrogens with zero attached hydrogens (tertiary/aromatic N) is 2. The zero-order valence-corrected chi connectivity index (χ0v) is 11.1. The minimum absolute atomic E-state index is 0.149. The summed E-state index contributed by atoms with van der Waals surface area (Å²) < 4.78 is 5.25. The Bertz CT molecular complexity index is 331.